The molecular formula is C14H24N6O6S. The summed E-state index contributed by atoms with van der Waals surface area (Å²) in [4.78, 5) is 14.5. The van der Waals surface area contributed by atoms with Gasteiger partial charge in [-0.25, -0.2) is 0 Å². The molecule has 1 aromatic carbocycles. The maximum atomic E-state index is 10.1. The molecule has 13 heteroatoms. The number of benzene rings is 1. The number of hydrogen-bond acceptors (Lipinski definition) is 6. The van der Waals surface area contributed by atoms with E-state index in [1.807, 2.05) is 18.3 Å². The van der Waals surface area contributed by atoms with Gasteiger partial charge < -0.3 is 32.2 Å². The third-order valence-electron chi connectivity index (χ3n) is 2.98. The smallest absolute Gasteiger partial charge is 0.394 e. The highest BCUT2D eigenvalue weighted by Crippen LogP contribution is 2.27. The Balaban J connectivity index is 0.000000423. The van der Waals surface area contributed by atoms with E-state index >= 15 is 0 Å². The topological polar surface area (TPSA) is 233 Å². The highest BCUT2D eigenvalue weighted by molar-refractivity contribution is 7.79. The van der Waals surface area contributed by atoms with Gasteiger partial charge in [-0.3, -0.25) is 19.3 Å². The number of aromatic amines is 1. The molecule has 152 valence electrons. The molecule has 0 radical (unpaired) electrons. The molecule has 0 saturated heterocycles. The van der Waals surface area contributed by atoms with Gasteiger partial charge in [0.15, 0.2) is 5.96 Å². The molecule has 1 amide bonds. The Kier molecular flexibility index (Phi) is 9.81. The SMILES string of the molecule is CN(CC(N)=O)C(=N)N.NCCc1c[nH]c2cccc(O)c12.O=S(=O)(O)O. The predicted molar refractivity (Wildman–Crippen MR) is 101 cm³/mol. The lowest BCUT2D eigenvalue weighted by Gasteiger charge is -2.12. The second kappa shape index (κ2) is 11.0. The first kappa shape index (κ1) is 24.1. The fourth-order valence-corrected chi connectivity index (χ4v) is 1.91. The number of phenolic OH excluding ortho intramolecular Hbond substituents is 1. The molecule has 0 unspecified atom stereocenters. The summed E-state index contributed by atoms with van der Waals surface area (Å²) in [5.41, 5.74) is 17.3. The number of primary amides is 1. The summed E-state index contributed by atoms with van der Waals surface area (Å²) in [6, 6.07) is 5.45. The van der Waals surface area contributed by atoms with Gasteiger partial charge in [-0.2, -0.15) is 8.42 Å². The number of nitrogens with two attached hydrogens (primary N) is 3. The Morgan fingerprint density at radius 1 is 1.30 bits per heavy atom. The molecule has 11 N–H and O–H groups in total. The lowest BCUT2D eigenvalue weighted by molar-refractivity contribution is -0.118. The quantitative estimate of drug-likeness (QED) is 0.177. The first-order valence-corrected chi connectivity index (χ1v) is 8.77. The van der Waals surface area contributed by atoms with Crippen molar-refractivity contribution in [3.05, 3.63) is 30.0 Å². The number of nitrogens with one attached hydrogen (secondary N) is 2. The number of fused-ring (bicyclic) bond motifs is 1. The van der Waals surface area contributed by atoms with Crippen LogP contribution in [0, 0.1) is 5.41 Å². The largest absolute Gasteiger partial charge is 0.507 e. The summed E-state index contributed by atoms with van der Waals surface area (Å²) >= 11 is 0. The van der Waals surface area contributed by atoms with Crippen molar-refractivity contribution in [2.45, 2.75) is 6.42 Å². The summed E-state index contributed by atoms with van der Waals surface area (Å²) in [6.07, 6.45) is 2.69. The number of amides is 1. The summed E-state index contributed by atoms with van der Waals surface area (Å²) in [5, 5.41) is 17.3. The normalized spacial score (nSPS) is 10.2. The molecule has 1 aromatic heterocycles. The highest BCUT2D eigenvalue weighted by Gasteiger charge is 2.06. The number of rotatable bonds is 4. The van der Waals surface area contributed by atoms with Crippen LogP contribution in [-0.2, 0) is 21.6 Å². The molecule has 1 heterocycles. The molecule has 0 atom stereocenters. The molecule has 0 fully saturated rings. The van der Waals surface area contributed by atoms with E-state index in [2.05, 4.69) is 4.98 Å². The van der Waals surface area contributed by atoms with Crippen LogP contribution < -0.4 is 17.2 Å². The number of aromatic nitrogens is 1. The second-order valence-corrected chi connectivity index (χ2v) is 6.10. The summed E-state index contributed by atoms with van der Waals surface area (Å²) < 4.78 is 31.6. The van der Waals surface area contributed by atoms with Crippen molar-refractivity contribution in [1.82, 2.24) is 9.88 Å². The number of carbonyl (C=O) groups excluding carboxylic acids is 1. The molecule has 0 aliphatic rings. The molecule has 12 nitrogen and oxygen atoms in total. The second-order valence-electron chi connectivity index (χ2n) is 5.21. The number of carbonyl (C=O) groups is 1. The minimum atomic E-state index is -4.67. The van der Waals surface area contributed by atoms with E-state index in [0.717, 1.165) is 22.9 Å². The number of hydrogen-bond donors (Lipinski definition) is 8. The number of likely N-dealkylation sites (N-methyl/N-ethyl adjacent to an activating group) is 1. The average molecular weight is 404 g/mol. The molecule has 2 aromatic rings. The van der Waals surface area contributed by atoms with Crippen LogP contribution >= 0.6 is 0 Å². The van der Waals surface area contributed by atoms with Gasteiger partial charge in [0, 0.05) is 24.1 Å². The summed E-state index contributed by atoms with van der Waals surface area (Å²) in [5.74, 6) is -0.330. The van der Waals surface area contributed by atoms with Gasteiger partial charge in [-0.15, -0.1) is 0 Å². The first-order chi connectivity index (χ1) is 12.4. The molecule has 0 aliphatic heterocycles. The van der Waals surface area contributed by atoms with Crippen LogP contribution in [0.2, 0.25) is 0 Å². The van der Waals surface area contributed by atoms with Gasteiger partial charge in [0.1, 0.15) is 5.75 Å². The lowest BCUT2D eigenvalue weighted by atomic mass is 10.1. The number of nitrogens with zero attached hydrogens (tertiary/aromatic N) is 1. The fraction of sp³-hybridized carbons (Fsp3) is 0.286. The van der Waals surface area contributed by atoms with Crippen LogP contribution in [0.4, 0.5) is 0 Å². The third-order valence-corrected chi connectivity index (χ3v) is 2.98. The molecule has 0 bridgehead atoms. The van der Waals surface area contributed by atoms with Crippen LogP contribution in [0.25, 0.3) is 10.9 Å². The van der Waals surface area contributed by atoms with E-state index in [1.54, 1.807) is 6.07 Å². The zero-order valence-corrected chi connectivity index (χ0v) is 15.4. The average Bonchev–Trinajstić information content (AvgIpc) is 2.90. The monoisotopic (exact) mass is 404 g/mol. The van der Waals surface area contributed by atoms with E-state index in [0.29, 0.717) is 12.3 Å². The van der Waals surface area contributed by atoms with Crippen molar-refractivity contribution in [3.63, 3.8) is 0 Å². The number of phenols is 1. The van der Waals surface area contributed by atoms with E-state index < -0.39 is 16.3 Å². The minimum absolute atomic E-state index is 0.00463. The molecule has 27 heavy (non-hydrogen) atoms. The van der Waals surface area contributed by atoms with Crippen molar-refractivity contribution >= 4 is 33.2 Å². The van der Waals surface area contributed by atoms with Crippen molar-refractivity contribution in [1.29, 1.82) is 5.41 Å². The van der Waals surface area contributed by atoms with Crippen LogP contribution in [0.15, 0.2) is 24.4 Å². The van der Waals surface area contributed by atoms with E-state index in [4.69, 9.17) is 40.1 Å². The van der Waals surface area contributed by atoms with Crippen molar-refractivity contribution in [2.75, 3.05) is 20.1 Å². The van der Waals surface area contributed by atoms with Crippen LogP contribution in [0.1, 0.15) is 5.56 Å². The molecule has 2 rings (SSSR count). The van der Waals surface area contributed by atoms with Gasteiger partial charge in [0.05, 0.1) is 6.54 Å². The third kappa shape index (κ3) is 10.7. The Morgan fingerprint density at radius 2 is 1.85 bits per heavy atom. The lowest BCUT2D eigenvalue weighted by Crippen LogP contribution is -2.39. The standard InChI is InChI=1S/C10H12N2O.C4H10N4O.H2O4S/c11-5-4-7-6-12-8-2-1-3-9(13)10(7)8;1-8(4(6)7)2-3(5)9;1-5(2,3)4/h1-3,6,12-13H,4-5,11H2;2H2,1H3,(H2,5,9)(H3,6,7);(H2,1,2,3,4). The zero-order chi connectivity index (χ0) is 21.2. The van der Waals surface area contributed by atoms with E-state index in [1.165, 1.54) is 11.9 Å². The summed E-state index contributed by atoms with van der Waals surface area (Å²) in [6.45, 7) is 0.594. The van der Waals surface area contributed by atoms with Gasteiger partial charge in [-0.05, 0) is 30.7 Å². The number of aromatic hydroxyl groups is 1. The van der Waals surface area contributed by atoms with Crippen LogP contribution in [0.3, 0.4) is 0 Å². The minimum Gasteiger partial charge on any atom is -0.507 e. The maximum Gasteiger partial charge on any atom is 0.394 e. The molecule has 0 aliphatic carbocycles. The van der Waals surface area contributed by atoms with Crippen molar-refractivity contribution < 1.29 is 27.4 Å². The van der Waals surface area contributed by atoms with Crippen molar-refractivity contribution in [2.24, 2.45) is 17.2 Å². The Hall–Kier alpha value is -2.87. The molecular weight excluding hydrogens is 380 g/mol. The zero-order valence-electron chi connectivity index (χ0n) is 14.6. The van der Waals surface area contributed by atoms with Gasteiger partial charge in [-0.1, -0.05) is 6.07 Å². The number of H-pyrrole nitrogens is 1. The van der Waals surface area contributed by atoms with Gasteiger partial charge in [0.2, 0.25) is 5.91 Å². The number of guanidine groups is 1. The van der Waals surface area contributed by atoms with Gasteiger partial charge >= 0.3 is 10.4 Å². The molecule has 0 spiro atoms. The Labute approximate surface area is 156 Å². The Morgan fingerprint density at radius 3 is 2.26 bits per heavy atom. The molecule has 0 saturated carbocycles. The maximum absolute atomic E-state index is 10.1. The van der Waals surface area contributed by atoms with E-state index in [9.17, 15) is 9.90 Å². The first-order valence-electron chi connectivity index (χ1n) is 7.38. The summed E-state index contributed by atoms with van der Waals surface area (Å²) in [7, 11) is -3.15. The van der Waals surface area contributed by atoms with Crippen molar-refractivity contribution in [3.8, 4) is 5.75 Å². The van der Waals surface area contributed by atoms with Crippen LogP contribution in [0.5, 0.6) is 5.75 Å². The Bertz CT molecular complexity index is 858. The van der Waals surface area contributed by atoms with E-state index in [-0.39, 0.29) is 12.5 Å². The fourth-order valence-electron chi connectivity index (χ4n) is 1.91. The predicted octanol–water partition coefficient (Wildman–Crippen LogP) is -0.981. The highest BCUT2D eigenvalue weighted by atomic mass is 32.3. The van der Waals surface area contributed by atoms with Gasteiger partial charge in [0.25, 0.3) is 0 Å². The van der Waals surface area contributed by atoms with Crippen LogP contribution in [-0.4, -0.2) is 64.5 Å².